The van der Waals surface area contributed by atoms with Crippen LogP contribution in [-0.2, 0) is 15.7 Å². The van der Waals surface area contributed by atoms with Crippen LogP contribution >= 0.6 is 40.4 Å². The third-order valence-corrected chi connectivity index (χ3v) is 1.55. The Bertz CT molecular complexity index is 244. The van der Waals surface area contributed by atoms with E-state index in [0.717, 1.165) is 6.54 Å². The Morgan fingerprint density at radius 2 is 1.47 bits per heavy atom. The summed E-state index contributed by atoms with van der Waals surface area (Å²) in [5.74, 6) is 0. The first-order chi connectivity index (χ1) is 6.93. The van der Waals surface area contributed by atoms with Crippen molar-refractivity contribution in [3.05, 3.63) is 30.6 Å². The number of halogens is 4. The van der Waals surface area contributed by atoms with Crippen LogP contribution in [0.5, 0.6) is 0 Å². The molecular formula is C9H14Cl4FeN+. The van der Waals surface area contributed by atoms with E-state index in [4.69, 9.17) is 40.4 Å². The standard InChI is InChI=1S/C9H14N.4ClH.Fe/c1-2-3-7-10-8-5-4-6-9-10;;;;;/h4-6,8-9H,2-3,7H2,1H3;4*1H;/q+1;;;;;+4/p-4. The van der Waals surface area contributed by atoms with Crippen LogP contribution < -0.4 is 4.57 Å². The molecule has 1 heterocycles. The van der Waals surface area contributed by atoms with Gasteiger partial charge in [0.05, 0.1) is 0 Å². The summed E-state index contributed by atoms with van der Waals surface area (Å²) in [6.45, 7) is 3.36. The quantitative estimate of drug-likeness (QED) is 0.565. The molecule has 0 spiro atoms. The maximum absolute atomic E-state index is 4.95. The predicted molar refractivity (Wildman–Crippen MR) is 65.0 cm³/mol. The normalized spacial score (nSPS) is 11.5. The second-order valence-corrected chi connectivity index (χ2v) is 13.7. The van der Waals surface area contributed by atoms with Crippen LogP contribution in [0.3, 0.4) is 0 Å². The molecule has 0 amide bonds. The van der Waals surface area contributed by atoms with E-state index in [-0.39, 0.29) is 0 Å². The second-order valence-electron chi connectivity index (χ2n) is 2.77. The minimum absolute atomic E-state index is 1.15. The van der Waals surface area contributed by atoms with Gasteiger partial charge >= 0.3 is 49.6 Å². The molecule has 0 radical (unpaired) electrons. The van der Waals surface area contributed by atoms with Gasteiger partial charge in [0.25, 0.3) is 0 Å². The first kappa shape index (κ1) is 15.8. The van der Waals surface area contributed by atoms with Gasteiger partial charge in [-0.25, -0.2) is 4.57 Å². The minimum atomic E-state index is -2.61. The van der Waals surface area contributed by atoms with Crippen LogP contribution in [0, 0.1) is 0 Å². The molecule has 0 bridgehead atoms. The fourth-order valence-corrected chi connectivity index (χ4v) is 0.924. The number of hydrogen-bond donors (Lipinski definition) is 0. The number of hydrogen-bond acceptors (Lipinski definition) is 0. The molecule has 0 aromatic carbocycles. The van der Waals surface area contributed by atoms with E-state index < -0.39 is 9.20 Å². The van der Waals surface area contributed by atoms with E-state index in [0.29, 0.717) is 0 Å². The third-order valence-electron chi connectivity index (χ3n) is 1.55. The summed E-state index contributed by atoms with van der Waals surface area (Å²) in [5, 5.41) is 0. The van der Waals surface area contributed by atoms with Crippen LogP contribution in [0.15, 0.2) is 30.6 Å². The van der Waals surface area contributed by atoms with Crippen molar-refractivity contribution in [2.24, 2.45) is 0 Å². The fraction of sp³-hybridized carbons (Fsp3) is 0.444. The molecule has 90 valence electrons. The molecule has 0 fully saturated rings. The summed E-state index contributed by atoms with van der Waals surface area (Å²) in [6.07, 6.45) is 6.75. The molecule has 6 heteroatoms. The average molecular weight is 334 g/mol. The second kappa shape index (κ2) is 8.92. The molecule has 0 aliphatic heterocycles. The number of aromatic nitrogens is 1. The molecule has 0 aliphatic carbocycles. The zero-order valence-corrected chi connectivity index (χ0v) is 12.4. The first-order valence-electron chi connectivity index (χ1n) is 4.41. The topological polar surface area (TPSA) is 3.88 Å². The zero-order valence-electron chi connectivity index (χ0n) is 8.32. The van der Waals surface area contributed by atoms with Gasteiger partial charge in [-0.1, -0.05) is 19.4 Å². The van der Waals surface area contributed by atoms with Crippen LogP contribution in [0.1, 0.15) is 19.8 Å². The number of unbranched alkanes of at least 4 members (excludes halogenated alkanes) is 1. The van der Waals surface area contributed by atoms with Crippen LogP contribution in [0.2, 0.25) is 0 Å². The Hall–Kier alpha value is 0.829. The van der Waals surface area contributed by atoms with Crippen molar-refractivity contribution >= 4 is 40.4 Å². The van der Waals surface area contributed by atoms with Gasteiger partial charge in [-0.3, -0.25) is 0 Å². The van der Waals surface area contributed by atoms with E-state index in [9.17, 15) is 0 Å². The molecule has 1 aromatic rings. The van der Waals surface area contributed by atoms with E-state index in [2.05, 4.69) is 36.0 Å². The molecule has 15 heavy (non-hydrogen) atoms. The van der Waals surface area contributed by atoms with E-state index in [1.54, 1.807) is 0 Å². The molecule has 0 atom stereocenters. The predicted octanol–water partition coefficient (Wildman–Crippen LogP) is 4.53. The van der Waals surface area contributed by atoms with Crippen molar-refractivity contribution in [3.8, 4) is 0 Å². The van der Waals surface area contributed by atoms with Crippen molar-refractivity contribution in [2.75, 3.05) is 0 Å². The molecule has 1 nitrogen and oxygen atoms in total. The summed E-state index contributed by atoms with van der Waals surface area (Å²) in [7, 11) is 17.2. The maximum atomic E-state index is 4.95. The number of rotatable bonds is 3. The van der Waals surface area contributed by atoms with E-state index in [1.807, 2.05) is 6.07 Å². The van der Waals surface area contributed by atoms with Gasteiger partial charge in [0.15, 0.2) is 12.4 Å². The SMILES string of the molecule is CCCC[n+]1ccccc1.[Cl][Fe]([Cl])([Cl])[Cl]. The van der Waals surface area contributed by atoms with Crippen molar-refractivity contribution in [3.63, 3.8) is 0 Å². The Morgan fingerprint density at radius 1 is 1.00 bits per heavy atom. The molecule has 0 saturated heterocycles. The van der Waals surface area contributed by atoms with Gasteiger partial charge in [-0.2, -0.15) is 0 Å². The summed E-state index contributed by atoms with van der Waals surface area (Å²) < 4.78 is 2.21. The van der Waals surface area contributed by atoms with Crippen molar-refractivity contribution < 1.29 is 13.8 Å². The Balaban J connectivity index is 0.000000336. The van der Waals surface area contributed by atoms with Crippen LogP contribution in [-0.4, -0.2) is 0 Å². The molecule has 1 aromatic heterocycles. The monoisotopic (exact) mass is 332 g/mol. The number of aryl methyl sites for hydroxylation is 1. The Morgan fingerprint density at radius 3 is 1.87 bits per heavy atom. The fourth-order valence-electron chi connectivity index (χ4n) is 0.924. The Labute approximate surface area is 110 Å². The molecule has 0 unspecified atom stereocenters. The molecule has 1 rings (SSSR count). The molecule has 0 saturated carbocycles. The third kappa shape index (κ3) is 14.8. The van der Waals surface area contributed by atoms with Gasteiger partial charge < -0.3 is 0 Å². The van der Waals surface area contributed by atoms with Crippen LogP contribution in [0.25, 0.3) is 0 Å². The van der Waals surface area contributed by atoms with Crippen molar-refractivity contribution in [2.45, 2.75) is 26.3 Å². The van der Waals surface area contributed by atoms with E-state index >= 15 is 0 Å². The molecule has 0 N–H and O–H groups in total. The zero-order chi connectivity index (χ0) is 11.7. The van der Waals surface area contributed by atoms with Gasteiger partial charge in [0.2, 0.25) is 0 Å². The first-order valence-corrected chi connectivity index (χ1v) is 10.5. The number of pyridine rings is 1. The van der Waals surface area contributed by atoms with Crippen molar-refractivity contribution in [1.29, 1.82) is 0 Å². The summed E-state index contributed by atoms with van der Waals surface area (Å²) in [4.78, 5) is 0. The van der Waals surface area contributed by atoms with E-state index in [1.165, 1.54) is 12.8 Å². The van der Waals surface area contributed by atoms with Gasteiger partial charge in [-0.05, 0) is 0 Å². The number of nitrogens with zero attached hydrogens (tertiary/aromatic N) is 1. The van der Waals surface area contributed by atoms with Gasteiger partial charge in [0, 0.05) is 18.6 Å². The van der Waals surface area contributed by atoms with Gasteiger partial charge in [0.1, 0.15) is 6.54 Å². The summed E-state index contributed by atoms with van der Waals surface area (Å²) in [6, 6.07) is 6.17. The van der Waals surface area contributed by atoms with Crippen LogP contribution in [0.4, 0.5) is 0 Å². The summed E-state index contributed by atoms with van der Waals surface area (Å²) >= 11 is 0. The summed E-state index contributed by atoms with van der Waals surface area (Å²) in [5.41, 5.74) is 0. The van der Waals surface area contributed by atoms with Gasteiger partial charge in [-0.15, -0.1) is 0 Å². The molecular weight excluding hydrogens is 320 g/mol. The van der Waals surface area contributed by atoms with Crippen molar-refractivity contribution in [1.82, 2.24) is 0 Å². The Kier molecular flexibility index (Phi) is 9.42. The average Bonchev–Trinajstić information content (AvgIpc) is 2.14. The molecule has 0 aliphatic rings.